The quantitative estimate of drug-likeness (QED) is 0.672. The summed E-state index contributed by atoms with van der Waals surface area (Å²) in [6, 6.07) is 20.0. The van der Waals surface area contributed by atoms with Gasteiger partial charge in [-0.2, -0.15) is 5.10 Å². The predicted octanol–water partition coefficient (Wildman–Crippen LogP) is 3.15. The van der Waals surface area contributed by atoms with Crippen molar-refractivity contribution in [1.29, 1.82) is 0 Å². The molecule has 1 saturated heterocycles. The second-order valence-electron chi connectivity index (χ2n) is 7.33. The molecule has 1 aromatic heterocycles. The minimum absolute atomic E-state index is 0.000257. The van der Waals surface area contributed by atoms with Gasteiger partial charge in [-0.3, -0.25) is 9.69 Å². The number of hydrogen-bond donors (Lipinski definition) is 0. The van der Waals surface area contributed by atoms with Gasteiger partial charge in [0.1, 0.15) is 5.75 Å². The van der Waals surface area contributed by atoms with Gasteiger partial charge in [-0.15, -0.1) is 0 Å². The van der Waals surface area contributed by atoms with E-state index < -0.39 is 0 Å². The van der Waals surface area contributed by atoms with E-state index in [0.29, 0.717) is 5.69 Å². The Morgan fingerprint density at radius 2 is 1.69 bits per heavy atom. The number of ether oxygens (including phenoxy) is 1. The van der Waals surface area contributed by atoms with E-state index in [4.69, 9.17) is 4.74 Å². The van der Waals surface area contributed by atoms with E-state index >= 15 is 0 Å². The minimum atomic E-state index is -0.000257. The number of methoxy groups -OCH3 is 1. The largest absolute Gasteiger partial charge is 0.497 e. The lowest BCUT2D eigenvalue weighted by Crippen LogP contribution is -2.48. The van der Waals surface area contributed by atoms with E-state index in [1.165, 1.54) is 5.56 Å². The molecule has 4 rings (SSSR count). The molecule has 0 aliphatic carbocycles. The first kappa shape index (κ1) is 19.2. The van der Waals surface area contributed by atoms with Crippen LogP contribution in [0.3, 0.4) is 0 Å². The van der Waals surface area contributed by atoms with Crippen LogP contribution in [-0.4, -0.2) is 58.8 Å². The zero-order valence-corrected chi connectivity index (χ0v) is 16.9. The number of piperazine rings is 1. The van der Waals surface area contributed by atoms with Crippen LogP contribution in [-0.2, 0) is 6.54 Å². The second-order valence-corrected chi connectivity index (χ2v) is 7.33. The Morgan fingerprint density at radius 1 is 1.00 bits per heavy atom. The molecule has 0 saturated carbocycles. The van der Waals surface area contributed by atoms with Crippen molar-refractivity contribution in [1.82, 2.24) is 19.6 Å². The van der Waals surface area contributed by atoms with E-state index in [9.17, 15) is 4.79 Å². The smallest absolute Gasteiger partial charge is 0.274 e. The first-order chi connectivity index (χ1) is 14.1. The Morgan fingerprint density at radius 3 is 2.34 bits per heavy atom. The highest BCUT2D eigenvalue weighted by atomic mass is 16.5. The lowest BCUT2D eigenvalue weighted by atomic mass is 10.2. The summed E-state index contributed by atoms with van der Waals surface area (Å²) >= 11 is 0. The van der Waals surface area contributed by atoms with Gasteiger partial charge in [0.05, 0.1) is 12.8 Å². The van der Waals surface area contributed by atoms with Crippen molar-refractivity contribution in [3.8, 4) is 11.4 Å². The van der Waals surface area contributed by atoms with Gasteiger partial charge in [0, 0.05) is 38.4 Å². The highest BCUT2D eigenvalue weighted by molar-refractivity contribution is 5.92. The first-order valence-corrected chi connectivity index (χ1v) is 9.91. The van der Waals surface area contributed by atoms with Gasteiger partial charge in [0.2, 0.25) is 0 Å². The summed E-state index contributed by atoms with van der Waals surface area (Å²) in [4.78, 5) is 17.3. The molecule has 1 fully saturated rings. The number of aromatic nitrogens is 2. The number of amides is 1. The molecule has 0 spiro atoms. The van der Waals surface area contributed by atoms with Crippen molar-refractivity contribution < 1.29 is 9.53 Å². The van der Waals surface area contributed by atoms with Crippen LogP contribution in [0, 0.1) is 6.92 Å². The fourth-order valence-corrected chi connectivity index (χ4v) is 3.68. The maximum atomic E-state index is 13.0. The zero-order valence-electron chi connectivity index (χ0n) is 16.9. The molecule has 0 atom stereocenters. The van der Waals surface area contributed by atoms with Crippen LogP contribution in [0.15, 0.2) is 60.7 Å². The lowest BCUT2D eigenvalue weighted by Gasteiger charge is -2.34. The van der Waals surface area contributed by atoms with Crippen LogP contribution in [0.5, 0.6) is 5.75 Å². The molecule has 150 valence electrons. The number of rotatable bonds is 5. The highest BCUT2D eigenvalue weighted by Crippen LogP contribution is 2.18. The lowest BCUT2D eigenvalue weighted by molar-refractivity contribution is 0.0622. The van der Waals surface area contributed by atoms with Crippen LogP contribution in [0.4, 0.5) is 0 Å². The van der Waals surface area contributed by atoms with Gasteiger partial charge < -0.3 is 9.64 Å². The molecule has 3 aromatic rings. The van der Waals surface area contributed by atoms with E-state index in [-0.39, 0.29) is 5.91 Å². The summed E-state index contributed by atoms with van der Waals surface area (Å²) < 4.78 is 7.01. The van der Waals surface area contributed by atoms with Crippen molar-refractivity contribution in [2.45, 2.75) is 13.5 Å². The number of carbonyl (C=O) groups is 1. The van der Waals surface area contributed by atoms with Crippen LogP contribution in [0.25, 0.3) is 5.69 Å². The van der Waals surface area contributed by atoms with Gasteiger partial charge in [-0.05, 0) is 42.8 Å². The molecule has 1 amide bonds. The third-order valence-corrected chi connectivity index (χ3v) is 5.33. The Kier molecular flexibility index (Phi) is 5.62. The SMILES string of the molecule is COc1ccc(-n2nc(C(=O)N3CCN(Cc4ccccc4)CC3)cc2C)cc1. The minimum Gasteiger partial charge on any atom is -0.497 e. The van der Waals surface area contributed by atoms with Gasteiger partial charge in [0.25, 0.3) is 5.91 Å². The molecule has 2 heterocycles. The van der Waals surface area contributed by atoms with E-state index in [1.54, 1.807) is 11.8 Å². The topological polar surface area (TPSA) is 50.6 Å². The Balaban J connectivity index is 1.40. The van der Waals surface area contributed by atoms with Gasteiger partial charge in [0.15, 0.2) is 5.69 Å². The summed E-state index contributed by atoms with van der Waals surface area (Å²) in [5.74, 6) is 0.794. The second kappa shape index (κ2) is 8.49. The van der Waals surface area contributed by atoms with Crippen molar-refractivity contribution in [3.05, 3.63) is 77.6 Å². The fraction of sp³-hybridized carbons (Fsp3) is 0.304. The summed E-state index contributed by atoms with van der Waals surface area (Å²) in [7, 11) is 1.64. The van der Waals surface area contributed by atoms with Crippen LogP contribution in [0.2, 0.25) is 0 Å². The van der Waals surface area contributed by atoms with Gasteiger partial charge in [-0.1, -0.05) is 30.3 Å². The number of benzene rings is 2. The maximum absolute atomic E-state index is 13.0. The monoisotopic (exact) mass is 390 g/mol. The van der Waals surface area contributed by atoms with Crippen molar-refractivity contribution in [3.63, 3.8) is 0 Å². The predicted molar refractivity (Wildman–Crippen MR) is 112 cm³/mol. The number of aryl methyl sites for hydroxylation is 1. The third kappa shape index (κ3) is 4.32. The van der Waals surface area contributed by atoms with Gasteiger partial charge >= 0.3 is 0 Å². The molecule has 0 N–H and O–H groups in total. The highest BCUT2D eigenvalue weighted by Gasteiger charge is 2.24. The normalized spacial score (nSPS) is 14.8. The number of nitrogens with zero attached hydrogens (tertiary/aromatic N) is 4. The molecule has 0 bridgehead atoms. The summed E-state index contributed by atoms with van der Waals surface area (Å²) in [6.45, 7) is 6.08. The molecule has 1 aliphatic heterocycles. The number of carbonyl (C=O) groups excluding carboxylic acids is 1. The molecule has 29 heavy (non-hydrogen) atoms. The third-order valence-electron chi connectivity index (χ3n) is 5.33. The van der Waals surface area contributed by atoms with Crippen LogP contribution in [0.1, 0.15) is 21.7 Å². The number of hydrogen-bond acceptors (Lipinski definition) is 4. The molecule has 2 aromatic carbocycles. The zero-order chi connectivity index (χ0) is 20.2. The Bertz CT molecular complexity index is 958. The van der Waals surface area contributed by atoms with E-state index in [2.05, 4.69) is 34.3 Å². The average molecular weight is 390 g/mol. The molecule has 6 heteroatoms. The summed E-state index contributed by atoms with van der Waals surface area (Å²) in [6.07, 6.45) is 0. The molecule has 0 unspecified atom stereocenters. The molecule has 6 nitrogen and oxygen atoms in total. The summed E-state index contributed by atoms with van der Waals surface area (Å²) in [5, 5.41) is 4.57. The first-order valence-electron chi connectivity index (χ1n) is 9.91. The standard InChI is InChI=1S/C23H26N4O2/c1-18-16-22(24-27(18)20-8-10-21(29-2)11-9-20)23(28)26-14-12-25(13-15-26)17-19-6-4-3-5-7-19/h3-11,16H,12-15,17H2,1-2H3. The van der Waals surface area contributed by atoms with Crippen LogP contribution < -0.4 is 4.74 Å². The van der Waals surface area contributed by atoms with Gasteiger partial charge in [-0.25, -0.2) is 4.68 Å². The molecular weight excluding hydrogens is 364 g/mol. The van der Waals surface area contributed by atoms with Crippen LogP contribution >= 0.6 is 0 Å². The Labute approximate surface area is 171 Å². The van der Waals surface area contributed by atoms with Crippen molar-refractivity contribution >= 4 is 5.91 Å². The fourth-order valence-electron chi connectivity index (χ4n) is 3.68. The van der Waals surface area contributed by atoms with E-state index in [1.807, 2.05) is 48.2 Å². The molecule has 1 aliphatic rings. The summed E-state index contributed by atoms with van der Waals surface area (Å²) in [5.41, 5.74) is 3.65. The van der Waals surface area contributed by atoms with Crippen molar-refractivity contribution in [2.75, 3.05) is 33.3 Å². The molecular formula is C23H26N4O2. The molecule has 0 radical (unpaired) electrons. The van der Waals surface area contributed by atoms with E-state index in [0.717, 1.165) is 49.9 Å². The average Bonchev–Trinajstić information content (AvgIpc) is 3.16. The van der Waals surface area contributed by atoms with Crippen molar-refractivity contribution in [2.24, 2.45) is 0 Å². The Hall–Kier alpha value is -3.12. The maximum Gasteiger partial charge on any atom is 0.274 e.